The zero-order valence-electron chi connectivity index (χ0n) is 12.6. The highest BCUT2D eigenvalue weighted by atomic mass is 32.2. The van der Waals surface area contributed by atoms with Gasteiger partial charge in [0, 0.05) is 39.4 Å². The van der Waals surface area contributed by atoms with E-state index in [-0.39, 0.29) is 29.3 Å². The van der Waals surface area contributed by atoms with Crippen molar-refractivity contribution < 1.29 is 14.3 Å². The van der Waals surface area contributed by atoms with Crippen LogP contribution < -0.4 is 0 Å². The van der Waals surface area contributed by atoms with Gasteiger partial charge in [0.15, 0.2) is 0 Å². The van der Waals surface area contributed by atoms with Crippen LogP contribution in [-0.4, -0.2) is 72.0 Å². The Morgan fingerprint density at radius 3 is 2.70 bits per heavy atom. The van der Waals surface area contributed by atoms with Crippen LogP contribution in [0.1, 0.15) is 26.2 Å². The molecule has 2 aliphatic heterocycles. The molecule has 0 aromatic carbocycles. The van der Waals surface area contributed by atoms with E-state index in [1.807, 2.05) is 23.6 Å². The van der Waals surface area contributed by atoms with Gasteiger partial charge in [-0.2, -0.15) is 0 Å². The Morgan fingerprint density at radius 1 is 1.40 bits per heavy atom. The van der Waals surface area contributed by atoms with E-state index in [1.165, 1.54) is 0 Å². The first-order chi connectivity index (χ1) is 9.46. The number of carbonyl (C=O) groups excluding carboxylic acids is 2. The van der Waals surface area contributed by atoms with Crippen LogP contribution >= 0.6 is 11.8 Å². The summed E-state index contributed by atoms with van der Waals surface area (Å²) in [5.74, 6) is 1.20. The van der Waals surface area contributed by atoms with Crippen LogP contribution in [0.15, 0.2) is 0 Å². The third-order valence-electron chi connectivity index (χ3n) is 3.89. The summed E-state index contributed by atoms with van der Waals surface area (Å²) in [5, 5.41) is 0. The van der Waals surface area contributed by atoms with Crippen LogP contribution in [0.3, 0.4) is 0 Å². The van der Waals surface area contributed by atoms with Crippen molar-refractivity contribution in [3.63, 3.8) is 0 Å². The minimum absolute atomic E-state index is 0.00399. The fraction of sp³-hybridized carbons (Fsp3) is 0.857. The predicted molar refractivity (Wildman–Crippen MR) is 79.7 cm³/mol. The number of nitrogens with zero attached hydrogens (tertiary/aromatic N) is 2. The number of hydrogen-bond donors (Lipinski definition) is 0. The third kappa shape index (κ3) is 3.47. The molecule has 2 saturated heterocycles. The number of carbonyl (C=O) groups is 2. The molecule has 6 heteroatoms. The van der Waals surface area contributed by atoms with Crippen LogP contribution in [0.5, 0.6) is 0 Å². The molecular formula is C14H24N2O3S. The van der Waals surface area contributed by atoms with E-state index in [1.54, 1.807) is 19.0 Å². The molecule has 20 heavy (non-hydrogen) atoms. The summed E-state index contributed by atoms with van der Waals surface area (Å²) in [5.41, 5.74) is 0. The molecule has 5 nitrogen and oxygen atoms in total. The molecule has 0 bridgehead atoms. The molecule has 0 saturated carbocycles. The van der Waals surface area contributed by atoms with Crippen molar-refractivity contribution in [2.24, 2.45) is 0 Å². The van der Waals surface area contributed by atoms with Crippen LogP contribution in [0.25, 0.3) is 0 Å². The van der Waals surface area contributed by atoms with Crippen LogP contribution in [-0.2, 0) is 14.3 Å². The average Bonchev–Trinajstić information content (AvgIpc) is 2.78. The maximum absolute atomic E-state index is 11.8. The number of hydrogen-bond acceptors (Lipinski definition) is 4. The number of likely N-dealkylation sites (tertiary alicyclic amines) is 1. The molecule has 0 aromatic rings. The van der Waals surface area contributed by atoms with Gasteiger partial charge in [-0.15, -0.1) is 11.8 Å². The average molecular weight is 300 g/mol. The molecular weight excluding hydrogens is 276 g/mol. The summed E-state index contributed by atoms with van der Waals surface area (Å²) in [6.45, 7) is 3.88. The lowest BCUT2D eigenvalue weighted by Gasteiger charge is -2.47. The largest absolute Gasteiger partial charge is 0.367 e. The van der Waals surface area contributed by atoms with Crippen molar-refractivity contribution in [2.75, 3.05) is 39.5 Å². The summed E-state index contributed by atoms with van der Waals surface area (Å²) < 4.78 is 5.87. The van der Waals surface area contributed by atoms with Gasteiger partial charge in [-0.25, -0.2) is 0 Å². The highest BCUT2D eigenvalue weighted by Gasteiger charge is 2.50. The standard InChI is InChI=1S/C14H24N2O3S/c1-4-5-12(17)16-9-14(10-16)6-11(8-20-14)19-7-13(18)15(2)3/h11H,4-10H2,1-3H3/t11-/m0/s1. The van der Waals surface area contributed by atoms with Crippen molar-refractivity contribution in [1.29, 1.82) is 0 Å². The van der Waals surface area contributed by atoms with Gasteiger partial charge in [0.05, 0.1) is 10.9 Å². The number of likely N-dealkylation sites (N-methyl/N-ethyl adjacent to an activating group) is 1. The van der Waals surface area contributed by atoms with E-state index in [4.69, 9.17) is 4.74 Å². The van der Waals surface area contributed by atoms with E-state index < -0.39 is 0 Å². The summed E-state index contributed by atoms with van der Waals surface area (Å²) in [6.07, 6.45) is 2.66. The summed E-state index contributed by atoms with van der Waals surface area (Å²) in [7, 11) is 3.47. The van der Waals surface area contributed by atoms with E-state index >= 15 is 0 Å². The van der Waals surface area contributed by atoms with Gasteiger partial charge in [-0.1, -0.05) is 6.92 Å². The summed E-state index contributed by atoms with van der Waals surface area (Å²) >= 11 is 1.90. The quantitative estimate of drug-likeness (QED) is 0.759. The van der Waals surface area contributed by atoms with E-state index in [9.17, 15) is 9.59 Å². The van der Waals surface area contributed by atoms with Gasteiger partial charge in [0.25, 0.3) is 0 Å². The SMILES string of the molecule is CCCC(=O)N1CC2(C[C@H](OCC(=O)N(C)C)CS2)C1. The predicted octanol–water partition coefficient (Wildman–Crippen LogP) is 0.978. The summed E-state index contributed by atoms with van der Waals surface area (Å²) in [6, 6.07) is 0. The molecule has 2 fully saturated rings. The Hall–Kier alpha value is -0.750. The zero-order valence-corrected chi connectivity index (χ0v) is 13.4. The number of rotatable bonds is 5. The van der Waals surface area contributed by atoms with Gasteiger partial charge in [-0.3, -0.25) is 9.59 Å². The smallest absolute Gasteiger partial charge is 0.248 e. The molecule has 0 aromatic heterocycles. The molecule has 1 spiro atoms. The second kappa shape index (κ2) is 6.35. The second-order valence-corrected chi connectivity index (χ2v) is 7.41. The van der Waals surface area contributed by atoms with Gasteiger partial charge in [-0.05, 0) is 12.8 Å². The van der Waals surface area contributed by atoms with Crippen molar-refractivity contribution in [3.8, 4) is 0 Å². The molecule has 2 heterocycles. The fourth-order valence-electron chi connectivity index (χ4n) is 2.65. The lowest BCUT2D eigenvalue weighted by molar-refractivity contribution is -0.137. The number of amides is 2. The first-order valence-electron chi connectivity index (χ1n) is 7.19. The highest BCUT2D eigenvalue weighted by molar-refractivity contribution is 8.01. The topological polar surface area (TPSA) is 49.9 Å². The second-order valence-electron chi connectivity index (χ2n) is 5.92. The first-order valence-corrected chi connectivity index (χ1v) is 8.18. The molecule has 0 radical (unpaired) electrons. The zero-order chi connectivity index (χ0) is 14.8. The lowest BCUT2D eigenvalue weighted by Crippen LogP contribution is -2.60. The van der Waals surface area contributed by atoms with Gasteiger partial charge >= 0.3 is 0 Å². The van der Waals surface area contributed by atoms with Crippen molar-refractivity contribution in [3.05, 3.63) is 0 Å². The van der Waals surface area contributed by atoms with E-state index in [2.05, 4.69) is 0 Å². The number of ether oxygens (including phenoxy) is 1. The summed E-state index contributed by atoms with van der Waals surface area (Å²) in [4.78, 5) is 26.8. The molecule has 2 aliphatic rings. The first kappa shape index (κ1) is 15.6. The van der Waals surface area contributed by atoms with Crippen molar-refractivity contribution in [2.45, 2.75) is 37.0 Å². The monoisotopic (exact) mass is 300 g/mol. The van der Waals surface area contributed by atoms with Crippen LogP contribution in [0, 0.1) is 0 Å². The molecule has 0 unspecified atom stereocenters. The Balaban J connectivity index is 1.71. The lowest BCUT2D eigenvalue weighted by atomic mass is 9.92. The Labute approximate surface area is 125 Å². The maximum atomic E-state index is 11.8. The van der Waals surface area contributed by atoms with Gasteiger partial charge in [0.1, 0.15) is 6.61 Å². The molecule has 1 atom stereocenters. The highest BCUT2D eigenvalue weighted by Crippen LogP contribution is 2.46. The maximum Gasteiger partial charge on any atom is 0.248 e. The normalized spacial score (nSPS) is 23.8. The van der Waals surface area contributed by atoms with Crippen LogP contribution in [0.2, 0.25) is 0 Å². The minimum atomic E-state index is 0.00399. The Kier molecular flexibility index (Phi) is 4.96. The third-order valence-corrected chi connectivity index (χ3v) is 5.47. The molecule has 0 aliphatic carbocycles. The van der Waals surface area contributed by atoms with E-state index in [0.29, 0.717) is 6.42 Å². The van der Waals surface area contributed by atoms with Gasteiger partial charge < -0.3 is 14.5 Å². The fourth-order valence-corrected chi connectivity index (χ4v) is 4.20. The van der Waals surface area contributed by atoms with Crippen LogP contribution in [0.4, 0.5) is 0 Å². The molecule has 2 rings (SSSR count). The molecule has 0 N–H and O–H groups in total. The minimum Gasteiger partial charge on any atom is -0.367 e. The Morgan fingerprint density at radius 2 is 2.10 bits per heavy atom. The Bertz CT molecular complexity index is 381. The number of thioether (sulfide) groups is 1. The molecule has 2 amide bonds. The van der Waals surface area contributed by atoms with Crippen molar-refractivity contribution >= 4 is 23.6 Å². The van der Waals surface area contributed by atoms with Crippen molar-refractivity contribution in [1.82, 2.24) is 9.80 Å². The van der Waals surface area contributed by atoms with E-state index in [0.717, 1.165) is 31.7 Å². The molecule has 114 valence electrons. The van der Waals surface area contributed by atoms with Gasteiger partial charge in [0.2, 0.25) is 11.8 Å².